The van der Waals surface area contributed by atoms with Crippen molar-refractivity contribution in [1.82, 2.24) is 4.90 Å². The highest BCUT2D eigenvalue weighted by Gasteiger charge is 2.18. The number of β-amino-alcohol motifs (C(OH)–C–C–N with tert-alkyl or cyclic N) is 1. The van der Waals surface area contributed by atoms with Crippen molar-refractivity contribution in [2.45, 2.75) is 12.5 Å². The molecule has 0 unspecified atom stereocenters. The molecule has 0 radical (unpaired) electrons. The van der Waals surface area contributed by atoms with Gasteiger partial charge in [-0.3, -0.25) is 4.90 Å². The second-order valence-electron chi connectivity index (χ2n) is 2.43. The van der Waals surface area contributed by atoms with Crippen LogP contribution < -0.4 is 0 Å². The molecule has 1 heterocycles. The van der Waals surface area contributed by atoms with Gasteiger partial charge in [-0.15, -0.1) is 24.0 Å². The van der Waals surface area contributed by atoms with E-state index in [1.54, 1.807) is 0 Å². The molecular weight excluding hydrogens is 173 g/mol. The molecule has 0 spiro atoms. The summed E-state index contributed by atoms with van der Waals surface area (Å²) in [6, 6.07) is 0. The van der Waals surface area contributed by atoms with Crippen LogP contribution in [0.3, 0.4) is 0 Å². The monoisotopic (exact) mass is 185 g/mol. The van der Waals surface area contributed by atoms with E-state index >= 15 is 0 Å². The van der Waals surface area contributed by atoms with Crippen LogP contribution in [0.25, 0.3) is 0 Å². The van der Waals surface area contributed by atoms with E-state index in [9.17, 15) is 0 Å². The molecular formula is C6H13Cl2NO. The van der Waals surface area contributed by atoms with Gasteiger partial charge in [0.15, 0.2) is 0 Å². The molecule has 0 amide bonds. The van der Waals surface area contributed by atoms with Gasteiger partial charge in [-0.1, -0.05) is 0 Å². The van der Waals surface area contributed by atoms with Crippen LogP contribution in [-0.2, 0) is 0 Å². The van der Waals surface area contributed by atoms with E-state index in [1.165, 1.54) is 0 Å². The van der Waals surface area contributed by atoms with Crippen molar-refractivity contribution in [2.24, 2.45) is 0 Å². The molecule has 4 heteroatoms. The first kappa shape index (κ1) is 10.5. The van der Waals surface area contributed by atoms with Crippen LogP contribution in [0, 0.1) is 0 Å². The van der Waals surface area contributed by atoms with E-state index in [4.69, 9.17) is 16.7 Å². The van der Waals surface area contributed by atoms with Crippen molar-refractivity contribution in [3.8, 4) is 0 Å². The van der Waals surface area contributed by atoms with Crippen molar-refractivity contribution in [3.63, 3.8) is 0 Å². The van der Waals surface area contributed by atoms with Crippen molar-refractivity contribution in [3.05, 3.63) is 0 Å². The quantitative estimate of drug-likeness (QED) is 0.642. The van der Waals surface area contributed by atoms with Crippen LogP contribution in [0.2, 0.25) is 0 Å². The summed E-state index contributed by atoms with van der Waals surface area (Å²) in [7, 11) is 0. The topological polar surface area (TPSA) is 23.5 Å². The summed E-state index contributed by atoms with van der Waals surface area (Å²) >= 11 is 5.51. The van der Waals surface area contributed by atoms with Crippen LogP contribution >= 0.6 is 24.0 Å². The molecule has 0 aromatic carbocycles. The SMILES string of the molecule is Cl.O[C@@H]1CCN(CCCl)C1. The molecule has 1 atom stereocenters. The predicted molar refractivity (Wildman–Crippen MR) is 45.0 cm³/mol. The standard InChI is InChI=1S/C6H12ClNO.ClH/c7-2-4-8-3-1-6(9)5-8;/h6,9H,1-5H2;1H/t6-;/m1./s1. The first-order valence-electron chi connectivity index (χ1n) is 3.29. The van der Waals surface area contributed by atoms with Gasteiger partial charge in [0.2, 0.25) is 0 Å². The number of aliphatic hydroxyl groups is 1. The van der Waals surface area contributed by atoms with Gasteiger partial charge < -0.3 is 5.11 Å². The number of halogens is 2. The smallest absolute Gasteiger partial charge is 0.0679 e. The second kappa shape index (κ2) is 5.19. The molecule has 0 aromatic heterocycles. The van der Waals surface area contributed by atoms with Gasteiger partial charge in [0, 0.05) is 25.5 Å². The van der Waals surface area contributed by atoms with E-state index in [2.05, 4.69) is 4.90 Å². The first-order valence-corrected chi connectivity index (χ1v) is 3.83. The summed E-state index contributed by atoms with van der Waals surface area (Å²) in [6.45, 7) is 2.74. The predicted octanol–water partition coefficient (Wildman–Crippen LogP) is 0.714. The Labute approximate surface area is 72.6 Å². The molecule has 1 N–H and O–H groups in total. The summed E-state index contributed by atoms with van der Waals surface area (Å²) in [5, 5.41) is 9.04. The summed E-state index contributed by atoms with van der Waals surface area (Å²) in [5.41, 5.74) is 0. The minimum absolute atomic E-state index is 0. The van der Waals surface area contributed by atoms with Gasteiger partial charge in [0.1, 0.15) is 0 Å². The molecule has 2 nitrogen and oxygen atoms in total. The van der Waals surface area contributed by atoms with Crippen molar-refractivity contribution in [2.75, 3.05) is 25.5 Å². The lowest BCUT2D eigenvalue weighted by molar-refractivity contribution is 0.178. The fraction of sp³-hybridized carbons (Fsp3) is 1.00. The number of likely N-dealkylation sites (tertiary alicyclic amines) is 1. The Balaban J connectivity index is 0.000000810. The van der Waals surface area contributed by atoms with Crippen LogP contribution in [0.5, 0.6) is 0 Å². The Morgan fingerprint density at radius 3 is 2.70 bits per heavy atom. The Morgan fingerprint density at radius 2 is 2.30 bits per heavy atom. The molecule has 1 saturated heterocycles. The third-order valence-corrected chi connectivity index (χ3v) is 1.82. The van der Waals surface area contributed by atoms with E-state index in [1.807, 2.05) is 0 Å². The number of rotatable bonds is 2. The fourth-order valence-corrected chi connectivity index (χ4v) is 1.37. The maximum absolute atomic E-state index is 9.04. The lowest BCUT2D eigenvalue weighted by Gasteiger charge is -2.11. The summed E-state index contributed by atoms with van der Waals surface area (Å²) in [5.74, 6) is 0.673. The number of hydrogen-bond acceptors (Lipinski definition) is 2. The van der Waals surface area contributed by atoms with Crippen LogP contribution in [0.4, 0.5) is 0 Å². The third kappa shape index (κ3) is 3.06. The molecule has 62 valence electrons. The first-order chi connectivity index (χ1) is 4.33. The van der Waals surface area contributed by atoms with E-state index in [-0.39, 0.29) is 18.5 Å². The molecule has 0 aliphatic carbocycles. The van der Waals surface area contributed by atoms with Crippen molar-refractivity contribution < 1.29 is 5.11 Å². The highest BCUT2D eigenvalue weighted by atomic mass is 35.5. The molecule has 0 bridgehead atoms. The molecule has 1 fully saturated rings. The zero-order valence-electron chi connectivity index (χ0n) is 5.79. The maximum Gasteiger partial charge on any atom is 0.0679 e. The maximum atomic E-state index is 9.04. The zero-order valence-corrected chi connectivity index (χ0v) is 7.37. The van der Waals surface area contributed by atoms with Crippen LogP contribution in [0.15, 0.2) is 0 Å². The Bertz CT molecular complexity index is 89.8. The number of aliphatic hydroxyl groups excluding tert-OH is 1. The largest absolute Gasteiger partial charge is 0.392 e. The fourth-order valence-electron chi connectivity index (χ4n) is 1.13. The normalized spacial score (nSPS) is 26.4. The van der Waals surface area contributed by atoms with Crippen molar-refractivity contribution in [1.29, 1.82) is 0 Å². The summed E-state index contributed by atoms with van der Waals surface area (Å²) in [6.07, 6.45) is 0.810. The van der Waals surface area contributed by atoms with Crippen LogP contribution in [0.1, 0.15) is 6.42 Å². The summed E-state index contributed by atoms with van der Waals surface area (Å²) in [4.78, 5) is 2.18. The molecule has 0 saturated carbocycles. The number of nitrogens with zero attached hydrogens (tertiary/aromatic N) is 1. The lowest BCUT2D eigenvalue weighted by Crippen LogP contribution is -2.23. The molecule has 0 aromatic rings. The van der Waals surface area contributed by atoms with Crippen molar-refractivity contribution >= 4 is 24.0 Å². The van der Waals surface area contributed by atoms with Crippen LogP contribution in [-0.4, -0.2) is 41.6 Å². The lowest BCUT2D eigenvalue weighted by atomic mass is 10.3. The second-order valence-corrected chi connectivity index (χ2v) is 2.81. The minimum Gasteiger partial charge on any atom is -0.392 e. The van der Waals surface area contributed by atoms with Gasteiger partial charge in [-0.25, -0.2) is 0 Å². The average Bonchev–Trinajstić information content (AvgIpc) is 2.17. The summed E-state index contributed by atoms with van der Waals surface area (Å²) < 4.78 is 0. The molecule has 1 rings (SSSR count). The van der Waals surface area contributed by atoms with Gasteiger partial charge in [-0.2, -0.15) is 0 Å². The van der Waals surface area contributed by atoms with Gasteiger partial charge in [0.25, 0.3) is 0 Å². The van der Waals surface area contributed by atoms with E-state index in [0.717, 1.165) is 26.1 Å². The molecule has 1 aliphatic heterocycles. The van der Waals surface area contributed by atoms with E-state index in [0.29, 0.717) is 5.88 Å². The van der Waals surface area contributed by atoms with Gasteiger partial charge in [-0.05, 0) is 6.42 Å². The Hall–Kier alpha value is 0.500. The molecule has 1 aliphatic rings. The Kier molecular flexibility index (Phi) is 5.45. The Morgan fingerprint density at radius 1 is 1.60 bits per heavy atom. The van der Waals surface area contributed by atoms with Gasteiger partial charge >= 0.3 is 0 Å². The third-order valence-electron chi connectivity index (χ3n) is 1.65. The minimum atomic E-state index is -0.104. The molecule has 10 heavy (non-hydrogen) atoms. The highest BCUT2D eigenvalue weighted by molar-refractivity contribution is 6.18. The number of alkyl halides is 1. The average molecular weight is 186 g/mol. The zero-order chi connectivity index (χ0) is 6.69. The number of hydrogen-bond donors (Lipinski definition) is 1. The van der Waals surface area contributed by atoms with Gasteiger partial charge in [0.05, 0.1) is 6.10 Å². The van der Waals surface area contributed by atoms with E-state index < -0.39 is 0 Å². The highest BCUT2D eigenvalue weighted by Crippen LogP contribution is 2.07.